The van der Waals surface area contributed by atoms with Gasteiger partial charge in [-0.15, -0.1) is 0 Å². The molecule has 118 valence electrons. The van der Waals surface area contributed by atoms with Crippen LogP contribution in [0.2, 0.25) is 0 Å². The van der Waals surface area contributed by atoms with Crippen molar-refractivity contribution in [3.63, 3.8) is 0 Å². The molecule has 7 heteroatoms. The lowest BCUT2D eigenvalue weighted by atomic mass is 10.1. The van der Waals surface area contributed by atoms with Crippen LogP contribution in [0.4, 0.5) is 0 Å². The largest absolute Gasteiger partial charge is 0.479 e. The third-order valence-electron chi connectivity index (χ3n) is 2.53. The highest BCUT2D eigenvalue weighted by atomic mass is 35.7. The summed E-state index contributed by atoms with van der Waals surface area (Å²) in [6.07, 6.45) is -0.843. The Hall–Kier alpha value is -1.27. The van der Waals surface area contributed by atoms with Gasteiger partial charge in [0.25, 0.3) is 15.0 Å². The van der Waals surface area contributed by atoms with Crippen molar-refractivity contribution in [2.75, 3.05) is 0 Å². The van der Waals surface area contributed by atoms with Gasteiger partial charge in [0, 0.05) is 16.2 Å². The molecule has 0 aliphatic heterocycles. The second-order valence-corrected chi connectivity index (χ2v) is 8.42. The molecule has 0 radical (unpaired) electrons. The average molecular weight is 334 g/mol. The Bertz CT molecular complexity index is 635. The number of nitrogens with one attached hydrogen (secondary N) is 1. The zero-order valence-electron chi connectivity index (χ0n) is 12.7. The number of ether oxygens (including phenoxy) is 1. The summed E-state index contributed by atoms with van der Waals surface area (Å²) in [6.45, 7) is 8.82. The lowest BCUT2D eigenvalue weighted by Gasteiger charge is -2.24. The summed E-state index contributed by atoms with van der Waals surface area (Å²) >= 11 is 0. The van der Waals surface area contributed by atoms with Crippen LogP contribution in [-0.2, 0) is 13.8 Å². The zero-order valence-corrected chi connectivity index (χ0v) is 14.3. The van der Waals surface area contributed by atoms with Crippen molar-refractivity contribution >= 4 is 25.6 Å². The second-order valence-electron chi connectivity index (χ2n) is 5.89. The quantitative estimate of drug-likeness (QED) is 0.860. The van der Waals surface area contributed by atoms with E-state index >= 15 is 0 Å². The van der Waals surface area contributed by atoms with E-state index < -0.39 is 20.7 Å². The van der Waals surface area contributed by atoms with Crippen LogP contribution in [0.1, 0.15) is 33.3 Å². The number of carbonyl (C=O) groups excluding carboxylic acids is 1. The van der Waals surface area contributed by atoms with Crippen LogP contribution >= 0.6 is 10.7 Å². The highest BCUT2D eigenvalue weighted by Gasteiger charge is 2.24. The van der Waals surface area contributed by atoms with Crippen molar-refractivity contribution in [1.29, 1.82) is 0 Å². The van der Waals surface area contributed by atoms with Gasteiger partial charge in [-0.1, -0.05) is 6.07 Å². The smallest absolute Gasteiger partial charge is 0.264 e. The van der Waals surface area contributed by atoms with Gasteiger partial charge >= 0.3 is 0 Å². The number of halogens is 1. The second kappa shape index (κ2) is 6.23. The fraction of sp³-hybridized carbons (Fsp3) is 0.500. The minimum Gasteiger partial charge on any atom is -0.479 e. The Kier molecular flexibility index (Phi) is 5.28. The minimum atomic E-state index is -3.95. The topological polar surface area (TPSA) is 72.5 Å². The Morgan fingerprint density at radius 1 is 1.33 bits per heavy atom. The van der Waals surface area contributed by atoms with E-state index in [2.05, 4.69) is 5.32 Å². The molecule has 0 spiro atoms. The van der Waals surface area contributed by atoms with Gasteiger partial charge in [-0.25, -0.2) is 8.42 Å². The lowest BCUT2D eigenvalue weighted by molar-refractivity contribution is -0.128. The molecule has 1 unspecified atom stereocenters. The van der Waals surface area contributed by atoms with E-state index in [0.29, 0.717) is 0 Å². The molecule has 1 aromatic rings. The van der Waals surface area contributed by atoms with Crippen LogP contribution in [0, 0.1) is 6.92 Å². The van der Waals surface area contributed by atoms with Gasteiger partial charge in [-0.3, -0.25) is 4.79 Å². The standard InChI is InChI=1S/C14H20ClNO4S/c1-9-6-7-11(12(8-9)21(15,18)19)20-10(2)13(17)16-14(3,4)5/h6-8,10H,1-5H3,(H,16,17). The maximum absolute atomic E-state index is 12.0. The van der Waals surface area contributed by atoms with Crippen molar-refractivity contribution < 1.29 is 17.9 Å². The number of rotatable bonds is 4. The van der Waals surface area contributed by atoms with Crippen LogP contribution in [0.25, 0.3) is 0 Å². The molecule has 0 aliphatic carbocycles. The zero-order chi connectivity index (χ0) is 16.4. The molecule has 21 heavy (non-hydrogen) atoms. The third-order valence-corrected chi connectivity index (χ3v) is 3.88. The Morgan fingerprint density at radius 3 is 2.38 bits per heavy atom. The minimum absolute atomic E-state index is 0.0622. The molecule has 0 aromatic heterocycles. The Morgan fingerprint density at radius 2 is 1.90 bits per heavy atom. The first kappa shape index (κ1) is 17.8. The SMILES string of the molecule is Cc1ccc(OC(C)C(=O)NC(C)(C)C)c(S(=O)(=O)Cl)c1. The molecule has 0 fully saturated rings. The van der Waals surface area contributed by atoms with E-state index in [1.807, 2.05) is 20.8 Å². The van der Waals surface area contributed by atoms with Crippen molar-refractivity contribution in [2.45, 2.75) is 51.2 Å². The van der Waals surface area contributed by atoms with Gasteiger partial charge in [0.2, 0.25) is 0 Å². The molecule has 0 heterocycles. The summed E-state index contributed by atoms with van der Waals surface area (Å²) in [5.41, 5.74) is 0.331. The van der Waals surface area contributed by atoms with Gasteiger partial charge in [-0.2, -0.15) is 0 Å². The van der Waals surface area contributed by atoms with Gasteiger partial charge in [0.15, 0.2) is 6.10 Å². The Labute approximate surface area is 130 Å². The lowest BCUT2D eigenvalue weighted by Crippen LogP contribution is -2.46. The Balaban J connectivity index is 3.01. The molecule has 0 aliphatic rings. The average Bonchev–Trinajstić information content (AvgIpc) is 2.27. The van der Waals surface area contributed by atoms with Gasteiger partial charge < -0.3 is 10.1 Å². The molecule has 1 N–H and O–H groups in total. The van der Waals surface area contributed by atoms with Gasteiger partial charge in [-0.05, 0) is 52.3 Å². The van der Waals surface area contributed by atoms with Crippen LogP contribution < -0.4 is 10.1 Å². The van der Waals surface area contributed by atoms with E-state index in [4.69, 9.17) is 15.4 Å². The van der Waals surface area contributed by atoms with Crippen LogP contribution in [-0.4, -0.2) is 26.0 Å². The molecule has 1 atom stereocenters. The molecule has 1 aromatic carbocycles. The van der Waals surface area contributed by atoms with E-state index in [9.17, 15) is 13.2 Å². The fourth-order valence-corrected chi connectivity index (χ4v) is 2.66. The first-order chi connectivity index (χ1) is 9.40. The van der Waals surface area contributed by atoms with Gasteiger partial charge in [0.1, 0.15) is 10.6 Å². The molecular weight excluding hydrogens is 314 g/mol. The van der Waals surface area contributed by atoms with Crippen molar-refractivity contribution in [2.24, 2.45) is 0 Å². The first-order valence-electron chi connectivity index (χ1n) is 6.44. The molecular formula is C14H20ClNO4S. The summed E-state index contributed by atoms with van der Waals surface area (Å²) in [5, 5.41) is 2.76. The maximum atomic E-state index is 12.0. The monoisotopic (exact) mass is 333 g/mol. The van der Waals surface area contributed by atoms with E-state index in [-0.39, 0.29) is 16.6 Å². The molecule has 0 bridgehead atoms. The molecule has 1 amide bonds. The molecule has 0 saturated heterocycles. The predicted octanol–water partition coefficient (Wildman–Crippen LogP) is 2.60. The summed E-state index contributed by atoms with van der Waals surface area (Å²) in [7, 11) is 1.45. The number of hydrogen-bond donors (Lipinski definition) is 1. The summed E-state index contributed by atoms with van der Waals surface area (Å²) in [4.78, 5) is 11.8. The predicted molar refractivity (Wildman–Crippen MR) is 82.2 cm³/mol. The van der Waals surface area contributed by atoms with E-state index in [1.165, 1.54) is 12.1 Å². The van der Waals surface area contributed by atoms with Crippen LogP contribution in [0.5, 0.6) is 5.75 Å². The van der Waals surface area contributed by atoms with E-state index in [1.54, 1.807) is 19.9 Å². The summed E-state index contributed by atoms with van der Waals surface area (Å²) in [6, 6.07) is 4.59. The number of amides is 1. The van der Waals surface area contributed by atoms with Crippen LogP contribution in [0.3, 0.4) is 0 Å². The van der Waals surface area contributed by atoms with Crippen molar-refractivity contribution in [3.05, 3.63) is 23.8 Å². The first-order valence-corrected chi connectivity index (χ1v) is 8.75. The number of benzene rings is 1. The van der Waals surface area contributed by atoms with Crippen molar-refractivity contribution in [1.82, 2.24) is 5.32 Å². The fourth-order valence-electron chi connectivity index (χ4n) is 1.62. The number of hydrogen-bond acceptors (Lipinski definition) is 4. The normalized spacial score (nSPS) is 13.6. The third kappa shape index (κ3) is 5.55. The number of aryl methyl sites for hydroxylation is 1. The van der Waals surface area contributed by atoms with Crippen LogP contribution in [0.15, 0.2) is 23.1 Å². The molecule has 5 nitrogen and oxygen atoms in total. The summed E-state index contributed by atoms with van der Waals surface area (Å²) < 4.78 is 28.6. The van der Waals surface area contributed by atoms with E-state index in [0.717, 1.165) is 5.56 Å². The van der Waals surface area contributed by atoms with Crippen molar-refractivity contribution in [3.8, 4) is 5.75 Å². The summed E-state index contributed by atoms with van der Waals surface area (Å²) in [5.74, 6) is -0.270. The molecule has 1 rings (SSSR count). The highest BCUT2D eigenvalue weighted by Crippen LogP contribution is 2.28. The number of carbonyl (C=O) groups is 1. The maximum Gasteiger partial charge on any atom is 0.264 e. The van der Waals surface area contributed by atoms with Gasteiger partial charge in [0.05, 0.1) is 0 Å². The highest BCUT2D eigenvalue weighted by molar-refractivity contribution is 8.13. The molecule has 0 saturated carbocycles.